The van der Waals surface area contributed by atoms with Gasteiger partial charge in [-0.2, -0.15) is 4.98 Å². The first-order valence-electron chi connectivity index (χ1n) is 7.69. The molecular formula is C15H24N4O2. The second-order valence-electron chi connectivity index (χ2n) is 5.33. The average molecular weight is 292 g/mol. The molecule has 6 heteroatoms. The third-order valence-corrected chi connectivity index (χ3v) is 3.41. The molecule has 1 fully saturated rings. The lowest BCUT2D eigenvalue weighted by atomic mass is 10.3. The number of ether oxygens (including phenoxy) is 1. The van der Waals surface area contributed by atoms with Crippen molar-refractivity contribution in [3.8, 4) is 5.88 Å². The van der Waals surface area contributed by atoms with E-state index >= 15 is 0 Å². The molecule has 2 heterocycles. The number of carbonyl (C=O) groups is 1. The van der Waals surface area contributed by atoms with Gasteiger partial charge in [0.15, 0.2) is 6.61 Å². The van der Waals surface area contributed by atoms with E-state index in [-0.39, 0.29) is 12.5 Å². The van der Waals surface area contributed by atoms with Crippen molar-refractivity contribution in [2.45, 2.75) is 39.5 Å². The molecule has 0 bridgehead atoms. The standard InChI is InChI=1S/C15H24N4O2/c1-3-4-7-16-13(20)11-21-14-10-12(2)17-15(18-14)19-8-5-6-9-19/h10H,3-9,11H2,1-2H3,(H,16,20). The zero-order valence-electron chi connectivity index (χ0n) is 12.9. The molecule has 0 spiro atoms. The molecule has 1 aromatic rings. The minimum Gasteiger partial charge on any atom is -0.467 e. The highest BCUT2D eigenvalue weighted by atomic mass is 16.5. The smallest absolute Gasteiger partial charge is 0.258 e. The van der Waals surface area contributed by atoms with Crippen LogP contribution in [-0.2, 0) is 4.79 Å². The summed E-state index contributed by atoms with van der Waals surface area (Å²) in [6.07, 6.45) is 4.39. The number of unbranched alkanes of at least 4 members (excludes halogenated alkanes) is 1. The zero-order chi connectivity index (χ0) is 15.1. The Bertz CT molecular complexity index is 473. The fraction of sp³-hybridized carbons (Fsp3) is 0.667. The molecule has 1 saturated heterocycles. The van der Waals surface area contributed by atoms with Gasteiger partial charge in [0.05, 0.1) is 0 Å². The van der Waals surface area contributed by atoms with Crippen LogP contribution < -0.4 is 15.0 Å². The summed E-state index contributed by atoms with van der Waals surface area (Å²) in [5, 5.41) is 2.82. The number of aryl methyl sites for hydroxylation is 1. The number of anilines is 1. The summed E-state index contributed by atoms with van der Waals surface area (Å²) >= 11 is 0. The predicted molar refractivity (Wildman–Crippen MR) is 81.6 cm³/mol. The molecule has 0 unspecified atom stereocenters. The molecule has 0 aliphatic carbocycles. The van der Waals surface area contributed by atoms with Gasteiger partial charge in [0, 0.05) is 31.4 Å². The van der Waals surface area contributed by atoms with E-state index in [1.165, 1.54) is 12.8 Å². The number of rotatable bonds is 7. The van der Waals surface area contributed by atoms with E-state index in [1.807, 2.05) is 6.92 Å². The molecule has 2 rings (SSSR count). The summed E-state index contributed by atoms with van der Waals surface area (Å²) in [5.74, 6) is 1.06. The minimum atomic E-state index is -0.109. The molecule has 1 N–H and O–H groups in total. The highest BCUT2D eigenvalue weighted by Gasteiger charge is 2.16. The van der Waals surface area contributed by atoms with E-state index in [2.05, 4.69) is 27.1 Å². The molecule has 21 heavy (non-hydrogen) atoms. The fourth-order valence-electron chi connectivity index (χ4n) is 2.25. The van der Waals surface area contributed by atoms with E-state index in [1.54, 1.807) is 6.07 Å². The van der Waals surface area contributed by atoms with Crippen molar-refractivity contribution in [2.75, 3.05) is 31.1 Å². The number of hydrogen-bond acceptors (Lipinski definition) is 5. The third-order valence-electron chi connectivity index (χ3n) is 3.41. The van der Waals surface area contributed by atoms with Gasteiger partial charge in [0.1, 0.15) is 0 Å². The fourth-order valence-corrected chi connectivity index (χ4v) is 2.25. The Balaban J connectivity index is 1.89. The number of nitrogens with one attached hydrogen (secondary N) is 1. The molecule has 0 radical (unpaired) electrons. The Hall–Kier alpha value is -1.85. The highest BCUT2D eigenvalue weighted by molar-refractivity contribution is 5.77. The van der Waals surface area contributed by atoms with E-state index < -0.39 is 0 Å². The predicted octanol–water partition coefficient (Wildman–Crippen LogP) is 1.68. The van der Waals surface area contributed by atoms with Gasteiger partial charge in [-0.25, -0.2) is 4.98 Å². The van der Waals surface area contributed by atoms with Gasteiger partial charge in [-0.15, -0.1) is 0 Å². The molecular weight excluding hydrogens is 268 g/mol. The van der Waals surface area contributed by atoms with Crippen LogP contribution in [0.4, 0.5) is 5.95 Å². The van der Waals surface area contributed by atoms with Crippen molar-refractivity contribution in [1.82, 2.24) is 15.3 Å². The highest BCUT2D eigenvalue weighted by Crippen LogP contribution is 2.19. The van der Waals surface area contributed by atoms with Crippen LogP contribution in [-0.4, -0.2) is 42.1 Å². The second-order valence-corrected chi connectivity index (χ2v) is 5.33. The molecule has 116 valence electrons. The van der Waals surface area contributed by atoms with Crippen LogP contribution in [0.25, 0.3) is 0 Å². The van der Waals surface area contributed by atoms with Crippen molar-refractivity contribution in [2.24, 2.45) is 0 Å². The number of amides is 1. The monoisotopic (exact) mass is 292 g/mol. The first kappa shape index (κ1) is 15.5. The Labute approximate surface area is 125 Å². The maximum atomic E-state index is 11.6. The normalized spacial score (nSPS) is 14.3. The molecule has 1 aliphatic rings. The van der Waals surface area contributed by atoms with Crippen molar-refractivity contribution in [3.05, 3.63) is 11.8 Å². The number of carbonyl (C=O) groups excluding carboxylic acids is 1. The molecule has 0 saturated carbocycles. The quantitative estimate of drug-likeness (QED) is 0.774. The van der Waals surface area contributed by atoms with Crippen molar-refractivity contribution < 1.29 is 9.53 Å². The van der Waals surface area contributed by atoms with Crippen LogP contribution in [0.2, 0.25) is 0 Å². The van der Waals surface area contributed by atoms with Crippen LogP contribution in [0.15, 0.2) is 6.07 Å². The largest absolute Gasteiger partial charge is 0.467 e. The summed E-state index contributed by atoms with van der Waals surface area (Å²) in [7, 11) is 0. The lowest BCUT2D eigenvalue weighted by Crippen LogP contribution is -2.30. The lowest BCUT2D eigenvalue weighted by molar-refractivity contribution is -0.123. The molecule has 0 atom stereocenters. The first-order valence-corrected chi connectivity index (χ1v) is 7.69. The van der Waals surface area contributed by atoms with Crippen LogP contribution in [0.1, 0.15) is 38.3 Å². The molecule has 1 aromatic heterocycles. The zero-order valence-corrected chi connectivity index (χ0v) is 12.9. The van der Waals surface area contributed by atoms with Crippen molar-refractivity contribution in [3.63, 3.8) is 0 Å². The Morgan fingerprint density at radius 1 is 1.38 bits per heavy atom. The maximum absolute atomic E-state index is 11.6. The summed E-state index contributed by atoms with van der Waals surface area (Å²) < 4.78 is 5.49. The minimum absolute atomic E-state index is 0.000389. The Kier molecular flexibility index (Phi) is 5.78. The summed E-state index contributed by atoms with van der Waals surface area (Å²) in [5.41, 5.74) is 0.855. The third kappa shape index (κ3) is 4.88. The van der Waals surface area contributed by atoms with Crippen LogP contribution in [0.3, 0.4) is 0 Å². The molecule has 0 aromatic carbocycles. The molecule has 6 nitrogen and oxygen atoms in total. The average Bonchev–Trinajstić information content (AvgIpc) is 2.99. The lowest BCUT2D eigenvalue weighted by Gasteiger charge is -2.16. The van der Waals surface area contributed by atoms with Gasteiger partial charge in [-0.1, -0.05) is 13.3 Å². The van der Waals surface area contributed by atoms with Crippen molar-refractivity contribution in [1.29, 1.82) is 0 Å². The summed E-state index contributed by atoms with van der Waals surface area (Å²) in [6, 6.07) is 1.76. The maximum Gasteiger partial charge on any atom is 0.258 e. The molecule has 1 amide bonds. The topological polar surface area (TPSA) is 67.3 Å². The van der Waals surface area contributed by atoms with Gasteiger partial charge in [0.2, 0.25) is 11.8 Å². The van der Waals surface area contributed by atoms with Crippen LogP contribution in [0.5, 0.6) is 5.88 Å². The van der Waals surface area contributed by atoms with Gasteiger partial charge >= 0.3 is 0 Å². The van der Waals surface area contributed by atoms with E-state index in [0.29, 0.717) is 18.4 Å². The van der Waals surface area contributed by atoms with Crippen LogP contribution >= 0.6 is 0 Å². The second kappa shape index (κ2) is 7.81. The number of nitrogens with zero attached hydrogens (tertiary/aromatic N) is 3. The van der Waals surface area contributed by atoms with Gasteiger partial charge in [-0.05, 0) is 26.2 Å². The number of aromatic nitrogens is 2. The Morgan fingerprint density at radius 3 is 2.86 bits per heavy atom. The summed E-state index contributed by atoms with van der Waals surface area (Å²) in [6.45, 7) is 6.67. The number of hydrogen-bond donors (Lipinski definition) is 1. The van der Waals surface area contributed by atoms with Crippen molar-refractivity contribution >= 4 is 11.9 Å². The van der Waals surface area contributed by atoms with E-state index in [4.69, 9.17) is 4.74 Å². The summed E-state index contributed by atoms with van der Waals surface area (Å²) in [4.78, 5) is 22.6. The van der Waals surface area contributed by atoms with E-state index in [0.717, 1.165) is 31.6 Å². The SMILES string of the molecule is CCCCNC(=O)COc1cc(C)nc(N2CCCC2)n1. The van der Waals surface area contributed by atoms with Gasteiger partial charge < -0.3 is 15.0 Å². The first-order chi connectivity index (χ1) is 10.2. The van der Waals surface area contributed by atoms with Gasteiger partial charge in [0.25, 0.3) is 5.91 Å². The Morgan fingerprint density at radius 2 is 2.14 bits per heavy atom. The van der Waals surface area contributed by atoms with E-state index in [9.17, 15) is 4.79 Å². The molecule has 1 aliphatic heterocycles. The van der Waals surface area contributed by atoms with Gasteiger partial charge in [-0.3, -0.25) is 4.79 Å². The van der Waals surface area contributed by atoms with Crippen LogP contribution in [0, 0.1) is 6.92 Å².